The van der Waals surface area contributed by atoms with E-state index in [1.54, 1.807) is 12.3 Å². The van der Waals surface area contributed by atoms with E-state index in [0.717, 1.165) is 18.5 Å². The van der Waals surface area contributed by atoms with Crippen molar-refractivity contribution in [3.63, 3.8) is 0 Å². The maximum atomic E-state index is 11.8. The van der Waals surface area contributed by atoms with Crippen molar-refractivity contribution < 1.29 is 4.79 Å². The highest BCUT2D eigenvalue weighted by Gasteiger charge is 2.13. The van der Waals surface area contributed by atoms with E-state index in [1.807, 2.05) is 33.8 Å². The number of aromatic nitrogens is 1. The Morgan fingerprint density at radius 2 is 2.04 bits per heavy atom. The molecule has 128 valence electrons. The van der Waals surface area contributed by atoms with Crippen molar-refractivity contribution in [2.45, 2.75) is 39.7 Å². The number of aliphatic imine (C=N–C) groups is 1. The third-order valence-electron chi connectivity index (χ3n) is 2.73. The molecule has 0 unspecified atom stereocenters. The van der Waals surface area contributed by atoms with E-state index in [4.69, 9.17) is 11.6 Å². The molecule has 0 spiro atoms. The summed E-state index contributed by atoms with van der Waals surface area (Å²) in [6.07, 6.45) is 2.55. The fourth-order valence-corrected chi connectivity index (χ4v) is 1.94. The van der Waals surface area contributed by atoms with Gasteiger partial charge >= 0.3 is 0 Å². The minimum absolute atomic E-state index is 0.0924. The number of nitrogens with zero attached hydrogens (tertiary/aromatic N) is 2. The Balaban J connectivity index is 2.45. The van der Waals surface area contributed by atoms with E-state index in [-0.39, 0.29) is 18.0 Å². The molecule has 1 amide bonds. The van der Waals surface area contributed by atoms with E-state index in [9.17, 15) is 4.79 Å². The van der Waals surface area contributed by atoms with Crippen LogP contribution in [0.15, 0.2) is 23.3 Å². The number of rotatable bonds is 6. The topological polar surface area (TPSA) is 78.4 Å². The summed E-state index contributed by atoms with van der Waals surface area (Å²) in [5.74, 6) is 0.523. The van der Waals surface area contributed by atoms with Crippen LogP contribution >= 0.6 is 11.6 Å². The van der Waals surface area contributed by atoms with E-state index in [1.165, 1.54) is 0 Å². The van der Waals surface area contributed by atoms with Crippen molar-refractivity contribution in [3.05, 3.63) is 29.0 Å². The lowest BCUT2D eigenvalue weighted by atomic mass is 10.1. The quantitative estimate of drug-likeness (QED) is 0.419. The number of pyridine rings is 1. The van der Waals surface area contributed by atoms with Crippen LogP contribution in [0.5, 0.6) is 0 Å². The molecule has 0 saturated carbocycles. The molecule has 1 rings (SSSR count). The van der Waals surface area contributed by atoms with E-state index < -0.39 is 0 Å². The summed E-state index contributed by atoms with van der Waals surface area (Å²) in [5.41, 5.74) is 0.836. The molecule has 0 saturated heterocycles. The van der Waals surface area contributed by atoms with Crippen molar-refractivity contribution in [3.8, 4) is 0 Å². The maximum Gasteiger partial charge on any atom is 0.242 e. The summed E-state index contributed by atoms with van der Waals surface area (Å²) in [6.45, 7) is 9.32. The van der Waals surface area contributed by atoms with Gasteiger partial charge in [0.15, 0.2) is 5.96 Å². The fraction of sp³-hybridized carbons (Fsp3) is 0.562. The summed E-state index contributed by atoms with van der Waals surface area (Å²) in [7, 11) is 0. The van der Waals surface area contributed by atoms with Crippen LogP contribution in [-0.4, -0.2) is 42.0 Å². The molecule has 0 aliphatic rings. The van der Waals surface area contributed by atoms with Gasteiger partial charge in [-0.25, -0.2) is 9.98 Å². The van der Waals surface area contributed by atoms with Crippen LogP contribution in [0.2, 0.25) is 5.15 Å². The predicted molar refractivity (Wildman–Crippen MR) is 94.8 cm³/mol. The van der Waals surface area contributed by atoms with Gasteiger partial charge in [-0.3, -0.25) is 4.79 Å². The maximum absolute atomic E-state index is 11.8. The molecule has 0 bridgehead atoms. The first-order valence-corrected chi connectivity index (χ1v) is 8.11. The van der Waals surface area contributed by atoms with Gasteiger partial charge in [-0.15, -0.1) is 0 Å². The fourth-order valence-electron chi connectivity index (χ4n) is 1.83. The molecule has 0 atom stereocenters. The summed E-state index contributed by atoms with van der Waals surface area (Å²) in [6, 6.07) is 3.71. The van der Waals surface area contributed by atoms with Crippen molar-refractivity contribution in [1.29, 1.82) is 0 Å². The number of guanidine groups is 1. The molecule has 1 heterocycles. The van der Waals surface area contributed by atoms with Crippen LogP contribution in [0.3, 0.4) is 0 Å². The summed E-state index contributed by atoms with van der Waals surface area (Å²) in [5, 5.41) is 9.69. The molecule has 0 aliphatic carbocycles. The highest BCUT2D eigenvalue weighted by Crippen LogP contribution is 2.05. The minimum Gasteiger partial charge on any atom is -0.357 e. The van der Waals surface area contributed by atoms with Crippen LogP contribution in [0.25, 0.3) is 0 Å². The molecule has 7 heteroatoms. The lowest BCUT2D eigenvalue weighted by Gasteiger charge is -2.20. The Morgan fingerprint density at radius 3 is 2.61 bits per heavy atom. The Labute approximate surface area is 143 Å². The molecule has 0 aliphatic heterocycles. The molecule has 0 aromatic carbocycles. The number of nitrogens with one attached hydrogen (secondary N) is 3. The van der Waals surface area contributed by atoms with Crippen LogP contribution in [0.1, 0.15) is 33.3 Å². The van der Waals surface area contributed by atoms with Gasteiger partial charge in [0.05, 0.1) is 0 Å². The van der Waals surface area contributed by atoms with Crippen LogP contribution in [0, 0.1) is 0 Å². The zero-order valence-corrected chi connectivity index (χ0v) is 15.0. The van der Waals surface area contributed by atoms with Gasteiger partial charge < -0.3 is 16.0 Å². The number of carbonyl (C=O) groups is 1. The smallest absolute Gasteiger partial charge is 0.242 e. The average Bonchev–Trinajstić information content (AvgIpc) is 2.45. The first kappa shape index (κ1) is 19.2. The molecule has 3 N–H and O–H groups in total. The largest absolute Gasteiger partial charge is 0.357 e. The Morgan fingerprint density at radius 1 is 1.30 bits per heavy atom. The Bertz CT molecular complexity index is 522. The highest BCUT2D eigenvalue weighted by molar-refractivity contribution is 6.29. The van der Waals surface area contributed by atoms with Gasteiger partial charge in [-0.05, 0) is 45.7 Å². The predicted octanol–water partition coefficient (Wildman–Crippen LogP) is 1.75. The zero-order chi connectivity index (χ0) is 17.3. The van der Waals surface area contributed by atoms with E-state index >= 15 is 0 Å². The van der Waals surface area contributed by atoms with E-state index in [2.05, 4.69) is 25.9 Å². The first-order valence-electron chi connectivity index (χ1n) is 7.74. The second-order valence-electron chi connectivity index (χ2n) is 6.16. The van der Waals surface area contributed by atoms with Crippen LogP contribution in [0.4, 0.5) is 0 Å². The molecule has 1 aromatic heterocycles. The lowest BCUT2D eigenvalue weighted by Crippen LogP contribution is -2.43. The Kier molecular flexibility index (Phi) is 7.81. The van der Waals surface area contributed by atoms with Gasteiger partial charge in [0.1, 0.15) is 11.7 Å². The lowest BCUT2D eigenvalue weighted by molar-refractivity contribution is -0.121. The molecular weight excluding hydrogens is 314 g/mol. The van der Waals surface area contributed by atoms with Crippen molar-refractivity contribution in [2.75, 3.05) is 19.6 Å². The van der Waals surface area contributed by atoms with Gasteiger partial charge in [0, 0.05) is 24.8 Å². The number of carbonyl (C=O) groups excluding carboxylic acids is 1. The van der Waals surface area contributed by atoms with E-state index in [0.29, 0.717) is 17.7 Å². The third kappa shape index (κ3) is 9.03. The second kappa shape index (κ2) is 9.35. The number of hydrogen-bond acceptors (Lipinski definition) is 3. The monoisotopic (exact) mass is 339 g/mol. The van der Waals surface area contributed by atoms with Gasteiger partial charge in [-0.2, -0.15) is 0 Å². The summed E-state index contributed by atoms with van der Waals surface area (Å²) in [4.78, 5) is 20.1. The van der Waals surface area contributed by atoms with Gasteiger partial charge in [-0.1, -0.05) is 17.7 Å². The standard InChI is InChI=1S/C16H26ClN5O/c1-5-18-15(21-11-14(23)22-16(2,3)4)19-9-8-12-6-7-13(17)20-10-12/h6-7,10H,5,8-9,11H2,1-4H3,(H,22,23)(H2,18,19,21). The average molecular weight is 340 g/mol. The van der Waals surface area contributed by atoms with Crippen LogP contribution in [-0.2, 0) is 11.2 Å². The second-order valence-corrected chi connectivity index (χ2v) is 6.55. The van der Waals surface area contributed by atoms with Crippen molar-refractivity contribution in [2.24, 2.45) is 4.99 Å². The first-order chi connectivity index (χ1) is 10.8. The van der Waals surface area contributed by atoms with Gasteiger partial charge in [0.25, 0.3) is 0 Å². The molecule has 0 radical (unpaired) electrons. The zero-order valence-electron chi connectivity index (χ0n) is 14.2. The molecular formula is C16H26ClN5O. The summed E-state index contributed by atoms with van der Waals surface area (Å²) < 4.78 is 0. The number of halogens is 1. The Hall–Kier alpha value is -1.82. The molecule has 23 heavy (non-hydrogen) atoms. The highest BCUT2D eigenvalue weighted by atomic mass is 35.5. The summed E-state index contributed by atoms with van der Waals surface area (Å²) >= 11 is 5.76. The minimum atomic E-state index is -0.250. The van der Waals surface area contributed by atoms with Crippen molar-refractivity contribution in [1.82, 2.24) is 20.9 Å². The van der Waals surface area contributed by atoms with Crippen molar-refractivity contribution >= 4 is 23.5 Å². The molecule has 6 nitrogen and oxygen atoms in total. The normalized spacial score (nSPS) is 12.0. The van der Waals surface area contributed by atoms with Crippen LogP contribution < -0.4 is 16.0 Å². The SMILES string of the molecule is CCNC(=NCC(=O)NC(C)(C)C)NCCc1ccc(Cl)nc1. The molecule has 1 aromatic rings. The number of hydrogen-bond donors (Lipinski definition) is 3. The molecule has 0 fully saturated rings. The third-order valence-corrected chi connectivity index (χ3v) is 2.96. The van der Waals surface area contributed by atoms with Gasteiger partial charge in [0.2, 0.25) is 5.91 Å². The number of amides is 1.